The topological polar surface area (TPSA) is 75.4 Å². The van der Waals surface area contributed by atoms with E-state index in [9.17, 15) is 14.7 Å². The lowest BCUT2D eigenvalue weighted by Gasteiger charge is -2.25. The van der Waals surface area contributed by atoms with Crippen molar-refractivity contribution >= 4 is 11.9 Å². The fourth-order valence-corrected chi connectivity index (χ4v) is 3.04. The third kappa shape index (κ3) is 2.36. The van der Waals surface area contributed by atoms with Gasteiger partial charge in [0.2, 0.25) is 0 Å². The number of aromatic carboxylic acids is 1. The van der Waals surface area contributed by atoms with Crippen LogP contribution in [0.25, 0.3) is 0 Å². The maximum Gasteiger partial charge on any atom is 0.336 e. The number of carboxylic acid groups (broad SMARTS) is 1. The minimum absolute atomic E-state index is 0.0446. The Morgan fingerprint density at radius 3 is 2.59 bits per heavy atom. The molecule has 2 heterocycles. The van der Waals surface area contributed by atoms with Crippen LogP contribution in [0.1, 0.15) is 45.3 Å². The van der Waals surface area contributed by atoms with E-state index in [1.54, 1.807) is 34.0 Å². The highest BCUT2D eigenvalue weighted by molar-refractivity contribution is 6.04. The first-order valence-electron chi connectivity index (χ1n) is 7.21. The lowest BCUT2D eigenvalue weighted by atomic mass is 10.1. The molecule has 0 saturated carbocycles. The number of hydrogen-bond donors (Lipinski definition) is 1. The molecule has 1 fully saturated rings. The average molecular weight is 299 g/mol. The number of likely N-dealkylation sites (tertiary alicyclic amines) is 1. The third-order valence-electron chi connectivity index (χ3n) is 4.10. The zero-order valence-electron chi connectivity index (χ0n) is 12.3. The molecule has 0 spiro atoms. The van der Waals surface area contributed by atoms with Crippen LogP contribution in [0, 0.1) is 0 Å². The summed E-state index contributed by atoms with van der Waals surface area (Å²) >= 11 is 0. The summed E-state index contributed by atoms with van der Waals surface area (Å²) in [4.78, 5) is 25.9. The number of carboxylic acids is 1. The van der Waals surface area contributed by atoms with Crippen LogP contribution in [0.4, 0.5) is 0 Å². The Morgan fingerprint density at radius 1 is 1.23 bits per heavy atom. The monoisotopic (exact) mass is 299 g/mol. The van der Waals surface area contributed by atoms with E-state index in [-0.39, 0.29) is 23.1 Å². The van der Waals surface area contributed by atoms with Gasteiger partial charge in [-0.3, -0.25) is 9.48 Å². The molecule has 22 heavy (non-hydrogen) atoms. The Bertz CT molecular complexity index is 723. The standard InChI is InChI=1S/C16H17N3O3/c1-18-13(8-9-17-18)14-7-4-10-19(14)15(20)11-5-2-3-6-12(11)16(21)22/h2-3,5-6,8-9,14H,4,7,10H2,1H3,(H,21,22). The summed E-state index contributed by atoms with van der Waals surface area (Å²) in [7, 11) is 1.85. The van der Waals surface area contributed by atoms with E-state index in [0.717, 1.165) is 18.5 Å². The number of carbonyl (C=O) groups excluding carboxylic acids is 1. The largest absolute Gasteiger partial charge is 0.478 e. The van der Waals surface area contributed by atoms with Gasteiger partial charge < -0.3 is 10.0 Å². The molecule has 0 radical (unpaired) electrons. The number of benzene rings is 1. The predicted octanol–water partition coefficient (Wildman–Crippen LogP) is 2.10. The molecule has 1 atom stereocenters. The Labute approximate surface area is 128 Å². The Kier molecular flexibility index (Phi) is 3.66. The quantitative estimate of drug-likeness (QED) is 0.941. The van der Waals surface area contributed by atoms with Crippen LogP contribution in [0.3, 0.4) is 0 Å². The van der Waals surface area contributed by atoms with Crippen LogP contribution in [-0.2, 0) is 7.05 Å². The van der Waals surface area contributed by atoms with Gasteiger partial charge >= 0.3 is 5.97 Å². The van der Waals surface area contributed by atoms with Gasteiger partial charge in [0.15, 0.2) is 0 Å². The maximum absolute atomic E-state index is 12.8. The maximum atomic E-state index is 12.8. The first-order valence-corrected chi connectivity index (χ1v) is 7.21. The molecule has 6 nitrogen and oxygen atoms in total. The molecule has 1 N–H and O–H groups in total. The van der Waals surface area contributed by atoms with Crippen LogP contribution in [0.2, 0.25) is 0 Å². The molecule has 1 unspecified atom stereocenters. The second kappa shape index (κ2) is 5.63. The molecule has 6 heteroatoms. The number of amides is 1. The molecule has 0 aliphatic carbocycles. The van der Waals surface area contributed by atoms with E-state index in [1.807, 2.05) is 13.1 Å². The molecule has 3 rings (SSSR count). The highest BCUT2D eigenvalue weighted by Gasteiger charge is 2.33. The van der Waals surface area contributed by atoms with Crippen molar-refractivity contribution in [1.82, 2.24) is 14.7 Å². The van der Waals surface area contributed by atoms with Gasteiger partial charge in [-0.25, -0.2) is 4.79 Å². The van der Waals surface area contributed by atoms with Crippen LogP contribution in [0.5, 0.6) is 0 Å². The number of rotatable bonds is 3. The molecular weight excluding hydrogens is 282 g/mol. The summed E-state index contributed by atoms with van der Waals surface area (Å²) in [5.41, 5.74) is 1.26. The Morgan fingerprint density at radius 2 is 1.95 bits per heavy atom. The fraction of sp³-hybridized carbons (Fsp3) is 0.312. The Hall–Kier alpha value is -2.63. The normalized spacial score (nSPS) is 17.7. The number of nitrogens with zero attached hydrogens (tertiary/aromatic N) is 3. The molecule has 1 saturated heterocycles. The van der Waals surface area contributed by atoms with Crippen LogP contribution in [0.15, 0.2) is 36.5 Å². The first-order chi connectivity index (χ1) is 10.6. The molecule has 1 aromatic carbocycles. The lowest BCUT2D eigenvalue weighted by Crippen LogP contribution is -2.32. The molecular formula is C16H17N3O3. The number of aryl methyl sites for hydroxylation is 1. The number of hydrogen-bond acceptors (Lipinski definition) is 3. The lowest BCUT2D eigenvalue weighted by molar-refractivity contribution is 0.0668. The highest BCUT2D eigenvalue weighted by Crippen LogP contribution is 2.33. The molecule has 114 valence electrons. The second-order valence-electron chi connectivity index (χ2n) is 5.39. The minimum Gasteiger partial charge on any atom is -0.478 e. The number of carbonyl (C=O) groups is 2. The summed E-state index contributed by atoms with van der Waals surface area (Å²) in [5, 5.41) is 13.4. The zero-order valence-corrected chi connectivity index (χ0v) is 12.3. The van der Waals surface area contributed by atoms with Gasteiger partial charge in [-0.2, -0.15) is 5.10 Å². The summed E-state index contributed by atoms with van der Waals surface area (Å²) in [6, 6.07) is 8.20. The van der Waals surface area contributed by atoms with Crippen LogP contribution in [-0.4, -0.2) is 38.2 Å². The fourth-order valence-electron chi connectivity index (χ4n) is 3.04. The smallest absolute Gasteiger partial charge is 0.336 e. The van der Waals surface area contributed by atoms with Crippen molar-refractivity contribution in [1.29, 1.82) is 0 Å². The molecule has 2 aromatic rings. The second-order valence-corrected chi connectivity index (χ2v) is 5.39. The minimum atomic E-state index is -1.08. The van der Waals surface area contributed by atoms with Gasteiger partial charge in [0, 0.05) is 19.8 Å². The van der Waals surface area contributed by atoms with E-state index < -0.39 is 5.97 Å². The van der Waals surface area contributed by atoms with Gasteiger partial charge in [-0.15, -0.1) is 0 Å². The van der Waals surface area contributed by atoms with E-state index in [4.69, 9.17) is 0 Å². The molecule has 1 amide bonds. The zero-order chi connectivity index (χ0) is 15.7. The van der Waals surface area contributed by atoms with Crippen molar-refractivity contribution in [3.8, 4) is 0 Å². The van der Waals surface area contributed by atoms with Gasteiger partial charge in [-0.1, -0.05) is 12.1 Å². The molecule has 1 aliphatic heterocycles. The average Bonchev–Trinajstić information content (AvgIpc) is 3.14. The van der Waals surface area contributed by atoms with E-state index in [0.29, 0.717) is 6.54 Å². The van der Waals surface area contributed by atoms with Crippen LogP contribution < -0.4 is 0 Å². The van der Waals surface area contributed by atoms with E-state index in [1.165, 1.54) is 6.07 Å². The van der Waals surface area contributed by atoms with E-state index >= 15 is 0 Å². The first kappa shape index (κ1) is 14.3. The summed E-state index contributed by atoms with van der Waals surface area (Å²) < 4.78 is 1.76. The van der Waals surface area contributed by atoms with Crippen molar-refractivity contribution in [2.24, 2.45) is 7.05 Å². The van der Waals surface area contributed by atoms with Gasteiger partial charge in [0.25, 0.3) is 5.91 Å². The van der Waals surface area contributed by atoms with Gasteiger partial charge in [-0.05, 0) is 31.0 Å². The van der Waals surface area contributed by atoms with Gasteiger partial charge in [0.05, 0.1) is 22.9 Å². The predicted molar refractivity (Wildman–Crippen MR) is 79.6 cm³/mol. The summed E-state index contributed by atoms with van der Waals surface area (Å²) in [6.45, 7) is 0.628. The van der Waals surface area contributed by atoms with Gasteiger partial charge in [0.1, 0.15) is 0 Å². The van der Waals surface area contributed by atoms with Crippen molar-refractivity contribution in [2.75, 3.05) is 6.54 Å². The van der Waals surface area contributed by atoms with Crippen molar-refractivity contribution < 1.29 is 14.7 Å². The highest BCUT2D eigenvalue weighted by atomic mass is 16.4. The number of aromatic nitrogens is 2. The van der Waals surface area contributed by atoms with Crippen molar-refractivity contribution in [3.63, 3.8) is 0 Å². The Balaban J connectivity index is 1.95. The van der Waals surface area contributed by atoms with Crippen molar-refractivity contribution in [2.45, 2.75) is 18.9 Å². The molecule has 1 aliphatic rings. The SMILES string of the molecule is Cn1nccc1C1CCCN1C(=O)c1ccccc1C(=O)O. The van der Waals surface area contributed by atoms with Crippen molar-refractivity contribution in [3.05, 3.63) is 53.3 Å². The van der Waals surface area contributed by atoms with E-state index in [2.05, 4.69) is 5.10 Å². The third-order valence-corrected chi connectivity index (χ3v) is 4.10. The van der Waals surface area contributed by atoms with Crippen LogP contribution >= 0.6 is 0 Å². The molecule has 0 bridgehead atoms. The summed E-state index contributed by atoms with van der Waals surface area (Å²) in [5.74, 6) is -1.32. The molecule has 1 aromatic heterocycles. The summed E-state index contributed by atoms with van der Waals surface area (Å²) in [6.07, 6.45) is 3.47.